The standard InChI is InChI=1S/C14H18O2/c1-14(2,3)11-6-4-10(5-7-11)12-8-9-13(15)16-12/h4-7,12H,8-9H2,1-3H3/t12-/m0/s1. The molecule has 0 bridgehead atoms. The maximum absolute atomic E-state index is 11.0. The molecule has 0 unspecified atom stereocenters. The van der Waals surface area contributed by atoms with E-state index in [-0.39, 0.29) is 17.5 Å². The largest absolute Gasteiger partial charge is 0.457 e. The van der Waals surface area contributed by atoms with Crippen molar-refractivity contribution in [3.05, 3.63) is 35.4 Å². The molecule has 0 spiro atoms. The fourth-order valence-corrected chi connectivity index (χ4v) is 1.96. The van der Waals surface area contributed by atoms with E-state index in [1.807, 2.05) is 0 Å². The van der Waals surface area contributed by atoms with Crippen LogP contribution in [0.25, 0.3) is 0 Å². The van der Waals surface area contributed by atoms with Crippen LogP contribution in [0.2, 0.25) is 0 Å². The third-order valence-corrected chi connectivity index (χ3v) is 3.03. The number of cyclic esters (lactones) is 1. The number of benzene rings is 1. The van der Waals surface area contributed by atoms with Gasteiger partial charge in [0.2, 0.25) is 0 Å². The maximum Gasteiger partial charge on any atom is 0.306 e. The van der Waals surface area contributed by atoms with Gasteiger partial charge in [-0.2, -0.15) is 0 Å². The van der Waals surface area contributed by atoms with Crippen LogP contribution in [0.1, 0.15) is 50.8 Å². The summed E-state index contributed by atoms with van der Waals surface area (Å²) in [5.74, 6) is -0.0788. The highest BCUT2D eigenvalue weighted by molar-refractivity contribution is 5.71. The van der Waals surface area contributed by atoms with E-state index in [0.717, 1.165) is 12.0 Å². The van der Waals surface area contributed by atoms with Crippen LogP contribution in [-0.2, 0) is 14.9 Å². The summed E-state index contributed by atoms with van der Waals surface area (Å²) >= 11 is 0. The van der Waals surface area contributed by atoms with Gasteiger partial charge in [0.05, 0.1) is 0 Å². The van der Waals surface area contributed by atoms with Crippen LogP contribution in [0, 0.1) is 0 Å². The lowest BCUT2D eigenvalue weighted by atomic mass is 9.86. The van der Waals surface area contributed by atoms with E-state index in [2.05, 4.69) is 45.0 Å². The molecule has 1 fully saturated rings. The fraction of sp³-hybridized carbons (Fsp3) is 0.500. The van der Waals surface area contributed by atoms with Crippen molar-refractivity contribution >= 4 is 5.97 Å². The molecule has 0 aliphatic carbocycles. The van der Waals surface area contributed by atoms with Crippen molar-refractivity contribution in [2.45, 2.75) is 45.1 Å². The van der Waals surface area contributed by atoms with Crippen LogP contribution >= 0.6 is 0 Å². The van der Waals surface area contributed by atoms with Gasteiger partial charge in [-0.25, -0.2) is 0 Å². The molecule has 2 nitrogen and oxygen atoms in total. The summed E-state index contributed by atoms with van der Waals surface area (Å²) < 4.78 is 5.23. The Morgan fingerprint density at radius 2 is 1.81 bits per heavy atom. The first-order valence-electron chi connectivity index (χ1n) is 5.77. The quantitative estimate of drug-likeness (QED) is 0.675. The normalized spacial score (nSPS) is 20.9. The monoisotopic (exact) mass is 218 g/mol. The lowest BCUT2D eigenvalue weighted by molar-refractivity contribution is -0.141. The van der Waals surface area contributed by atoms with Gasteiger partial charge in [0.15, 0.2) is 0 Å². The molecule has 0 saturated carbocycles. The number of ether oxygens (including phenoxy) is 1. The lowest BCUT2D eigenvalue weighted by Crippen LogP contribution is -2.11. The first-order chi connectivity index (χ1) is 7.47. The average molecular weight is 218 g/mol. The first-order valence-corrected chi connectivity index (χ1v) is 5.77. The Morgan fingerprint density at radius 3 is 2.25 bits per heavy atom. The Morgan fingerprint density at radius 1 is 1.19 bits per heavy atom. The highest BCUT2D eigenvalue weighted by Gasteiger charge is 2.25. The SMILES string of the molecule is CC(C)(C)c1ccc([C@@H]2CCC(=O)O2)cc1. The van der Waals surface area contributed by atoms with Gasteiger partial charge in [-0.3, -0.25) is 4.79 Å². The molecule has 0 aromatic heterocycles. The number of rotatable bonds is 1. The molecule has 0 N–H and O–H groups in total. The molecule has 0 amide bonds. The van der Waals surface area contributed by atoms with Crippen LogP contribution in [0.4, 0.5) is 0 Å². The number of carbonyl (C=O) groups excluding carboxylic acids is 1. The molecule has 16 heavy (non-hydrogen) atoms. The highest BCUT2D eigenvalue weighted by atomic mass is 16.5. The van der Waals surface area contributed by atoms with Gasteiger partial charge >= 0.3 is 5.97 Å². The van der Waals surface area contributed by atoms with Gasteiger partial charge < -0.3 is 4.74 Å². The molecule has 86 valence electrons. The van der Waals surface area contributed by atoms with E-state index < -0.39 is 0 Å². The van der Waals surface area contributed by atoms with Gasteiger partial charge in [-0.05, 0) is 23.0 Å². The topological polar surface area (TPSA) is 26.3 Å². The molecule has 1 aromatic carbocycles. The minimum atomic E-state index is -0.0788. The smallest absolute Gasteiger partial charge is 0.306 e. The predicted molar refractivity (Wildman–Crippen MR) is 63.2 cm³/mol. The number of hydrogen-bond acceptors (Lipinski definition) is 2. The molecule has 0 radical (unpaired) electrons. The zero-order valence-corrected chi connectivity index (χ0v) is 10.1. The second-order valence-electron chi connectivity index (χ2n) is 5.39. The summed E-state index contributed by atoms with van der Waals surface area (Å²) in [6.07, 6.45) is 1.33. The van der Waals surface area contributed by atoms with E-state index in [9.17, 15) is 4.79 Å². The van der Waals surface area contributed by atoms with Gasteiger partial charge in [0.1, 0.15) is 6.10 Å². The summed E-state index contributed by atoms with van der Waals surface area (Å²) in [5.41, 5.74) is 2.59. The number of esters is 1. The van der Waals surface area contributed by atoms with Crippen molar-refractivity contribution in [1.82, 2.24) is 0 Å². The molecular weight excluding hydrogens is 200 g/mol. The third kappa shape index (κ3) is 2.26. The van der Waals surface area contributed by atoms with Gasteiger partial charge in [-0.15, -0.1) is 0 Å². The molecule has 1 heterocycles. The predicted octanol–water partition coefficient (Wildman–Crippen LogP) is 3.36. The third-order valence-electron chi connectivity index (χ3n) is 3.03. The second-order valence-corrected chi connectivity index (χ2v) is 5.39. The Bertz CT molecular complexity index is 384. The summed E-state index contributed by atoms with van der Waals surface area (Å²) in [6, 6.07) is 8.40. The summed E-state index contributed by atoms with van der Waals surface area (Å²) in [6.45, 7) is 6.58. The molecule has 1 saturated heterocycles. The van der Waals surface area contributed by atoms with E-state index in [0.29, 0.717) is 6.42 Å². The van der Waals surface area contributed by atoms with Gasteiger partial charge in [-0.1, -0.05) is 45.0 Å². The lowest BCUT2D eigenvalue weighted by Gasteiger charge is -2.19. The van der Waals surface area contributed by atoms with Crippen LogP contribution in [0.3, 0.4) is 0 Å². The molecule has 1 atom stereocenters. The first kappa shape index (κ1) is 11.2. The Kier molecular flexibility index (Phi) is 2.75. The Hall–Kier alpha value is -1.31. The van der Waals surface area contributed by atoms with Crippen molar-refractivity contribution < 1.29 is 9.53 Å². The minimum absolute atomic E-state index is 0.0264. The molecular formula is C14H18O2. The van der Waals surface area contributed by atoms with E-state index in [1.165, 1.54) is 5.56 Å². The molecule has 2 rings (SSSR count). The number of carbonyl (C=O) groups is 1. The highest BCUT2D eigenvalue weighted by Crippen LogP contribution is 2.31. The Balaban J connectivity index is 2.17. The van der Waals surface area contributed by atoms with Crippen LogP contribution in [-0.4, -0.2) is 5.97 Å². The molecule has 1 aliphatic heterocycles. The number of hydrogen-bond donors (Lipinski definition) is 0. The van der Waals surface area contributed by atoms with Crippen LogP contribution in [0.15, 0.2) is 24.3 Å². The van der Waals surface area contributed by atoms with Crippen LogP contribution < -0.4 is 0 Å². The zero-order valence-electron chi connectivity index (χ0n) is 10.1. The van der Waals surface area contributed by atoms with E-state index in [4.69, 9.17) is 4.74 Å². The van der Waals surface area contributed by atoms with E-state index >= 15 is 0 Å². The maximum atomic E-state index is 11.0. The van der Waals surface area contributed by atoms with E-state index in [1.54, 1.807) is 0 Å². The van der Waals surface area contributed by atoms with Gasteiger partial charge in [0.25, 0.3) is 0 Å². The fourth-order valence-electron chi connectivity index (χ4n) is 1.96. The van der Waals surface area contributed by atoms with Crippen LogP contribution in [0.5, 0.6) is 0 Å². The summed E-state index contributed by atoms with van der Waals surface area (Å²) in [5, 5.41) is 0. The Labute approximate surface area is 96.6 Å². The summed E-state index contributed by atoms with van der Waals surface area (Å²) in [7, 11) is 0. The summed E-state index contributed by atoms with van der Waals surface area (Å²) in [4.78, 5) is 11.0. The molecule has 1 aliphatic rings. The van der Waals surface area contributed by atoms with Crippen molar-refractivity contribution in [1.29, 1.82) is 0 Å². The van der Waals surface area contributed by atoms with Crippen molar-refractivity contribution in [3.8, 4) is 0 Å². The average Bonchev–Trinajstić information content (AvgIpc) is 2.64. The zero-order chi connectivity index (χ0) is 11.8. The van der Waals surface area contributed by atoms with Crippen molar-refractivity contribution in [3.63, 3.8) is 0 Å². The molecule has 1 aromatic rings. The second kappa shape index (κ2) is 3.93. The van der Waals surface area contributed by atoms with Crippen molar-refractivity contribution in [2.24, 2.45) is 0 Å². The molecule has 2 heteroatoms. The van der Waals surface area contributed by atoms with Crippen molar-refractivity contribution in [2.75, 3.05) is 0 Å². The minimum Gasteiger partial charge on any atom is -0.457 e. The van der Waals surface area contributed by atoms with Gasteiger partial charge in [0, 0.05) is 6.42 Å².